The molecule has 3 nitrogen and oxygen atoms in total. The van der Waals surface area contributed by atoms with Gasteiger partial charge < -0.3 is 15.2 Å². The first-order valence-electron chi connectivity index (χ1n) is 6.33. The molecule has 0 aliphatic heterocycles. The number of hydrogen-bond acceptors (Lipinski definition) is 4. The maximum Gasteiger partial charge on any atom is 0.0716 e. The fourth-order valence-electron chi connectivity index (χ4n) is 1.66. The standard InChI is InChI=1S/C14H23NO2S/c1-17-12-14-6-3-2-5-13(14)11-15-7-10-18-9-4-8-16/h2-3,5-6,15-16H,4,7-12H2,1H3. The van der Waals surface area contributed by atoms with Crippen LogP contribution in [0.15, 0.2) is 24.3 Å². The van der Waals surface area contributed by atoms with Crippen molar-refractivity contribution in [2.45, 2.75) is 19.6 Å². The van der Waals surface area contributed by atoms with Gasteiger partial charge in [0.15, 0.2) is 0 Å². The third kappa shape index (κ3) is 6.40. The Labute approximate surface area is 114 Å². The van der Waals surface area contributed by atoms with Crippen molar-refractivity contribution in [3.05, 3.63) is 35.4 Å². The Bertz CT molecular complexity index is 320. The molecule has 0 fully saturated rings. The molecule has 0 radical (unpaired) electrons. The molecular formula is C14H23NO2S. The van der Waals surface area contributed by atoms with E-state index in [4.69, 9.17) is 9.84 Å². The van der Waals surface area contributed by atoms with Gasteiger partial charge in [0.1, 0.15) is 0 Å². The molecule has 18 heavy (non-hydrogen) atoms. The molecule has 0 saturated heterocycles. The van der Waals surface area contributed by atoms with Gasteiger partial charge in [-0.15, -0.1) is 0 Å². The van der Waals surface area contributed by atoms with E-state index in [0.29, 0.717) is 13.2 Å². The highest BCUT2D eigenvalue weighted by atomic mass is 32.2. The number of ether oxygens (including phenoxy) is 1. The number of aliphatic hydroxyl groups excluding tert-OH is 1. The van der Waals surface area contributed by atoms with Crippen LogP contribution in [0.3, 0.4) is 0 Å². The molecule has 2 N–H and O–H groups in total. The van der Waals surface area contributed by atoms with Crippen molar-refractivity contribution in [3.63, 3.8) is 0 Å². The summed E-state index contributed by atoms with van der Waals surface area (Å²) in [6, 6.07) is 8.35. The second-order valence-corrected chi connectivity index (χ2v) is 5.29. The maximum absolute atomic E-state index is 8.66. The number of rotatable bonds is 10. The van der Waals surface area contributed by atoms with Crippen LogP contribution in [-0.2, 0) is 17.9 Å². The van der Waals surface area contributed by atoms with Crippen LogP contribution in [-0.4, -0.2) is 36.9 Å². The summed E-state index contributed by atoms with van der Waals surface area (Å²) in [5, 5.41) is 12.1. The normalized spacial score (nSPS) is 10.8. The highest BCUT2D eigenvalue weighted by Gasteiger charge is 2.00. The average Bonchev–Trinajstić information content (AvgIpc) is 2.40. The van der Waals surface area contributed by atoms with E-state index in [1.54, 1.807) is 7.11 Å². The molecule has 1 aromatic rings. The first-order chi connectivity index (χ1) is 8.88. The monoisotopic (exact) mass is 269 g/mol. The van der Waals surface area contributed by atoms with Crippen LogP contribution in [0.1, 0.15) is 17.5 Å². The minimum atomic E-state index is 0.296. The molecule has 0 saturated carbocycles. The summed E-state index contributed by atoms with van der Waals surface area (Å²) >= 11 is 1.88. The van der Waals surface area contributed by atoms with E-state index >= 15 is 0 Å². The van der Waals surface area contributed by atoms with Crippen molar-refractivity contribution in [2.24, 2.45) is 0 Å². The Morgan fingerprint density at radius 1 is 1.22 bits per heavy atom. The van der Waals surface area contributed by atoms with Gasteiger partial charge in [0.05, 0.1) is 6.61 Å². The Hall–Kier alpha value is -0.550. The predicted molar refractivity (Wildman–Crippen MR) is 77.9 cm³/mol. The van der Waals surface area contributed by atoms with Crippen LogP contribution in [0, 0.1) is 0 Å². The van der Waals surface area contributed by atoms with Crippen molar-refractivity contribution < 1.29 is 9.84 Å². The Morgan fingerprint density at radius 2 is 2.00 bits per heavy atom. The predicted octanol–water partition coefficient (Wildman–Crippen LogP) is 2.04. The smallest absolute Gasteiger partial charge is 0.0716 e. The molecule has 0 aromatic heterocycles. The molecule has 4 heteroatoms. The van der Waals surface area contributed by atoms with Gasteiger partial charge in [-0.3, -0.25) is 0 Å². The van der Waals surface area contributed by atoms with Gasteiger partial charge in [-0.2, -0.15) is 11.8 Å². The first kappa shape index (κ1) is 15.5. The third-order valence-electron chi connectivity index (χ3n) is 2.60. The van der Waals surface area contributed by atoms with Crippen LogP contribution in [0.2, 0.25) is 0 Å². The van der Waals surface area contributed by atoms with E-state index < -0.39 is 0 Å². The number of aliphatic hydroxyl groups is 1. The van der Waals surface area contributed by atoms with Crippen LogP contribution in [0.4, 0.5) is 0 Å². The van der Waals surface area contributed by atoms with E-state index in [2.05, 4.69) is 23.5 Å². The van der Waals surface area contributed by atoms with Crippen molar-refractivity contribution in [2.75, 3.05) is 31.8 Å². The average molecular weight is 269 g/mol. The lowest BCUT2D eigenvalue weighted by Gasteiger charge is -2.09. The second kappa shape index (κ2) is 10.4. The lowest BCUT2D eigenvalue weighted by molar-refractivity contribution is 0.184. The summed E-state index contributed by atoms with van der Waals surface area (Å²) < 4.78 is 5.18. The molecule has 1 aromatic carbocycles. The molecule has 0 spiro atoms. The van der Waals surface area contributed by atoms with Gasteiger partial charge in [0.25, 0.3) is 0 Å². The van der Waals surface area contributed by atoms with Gasteiger partial charge in [-0.1, -0.05) is 24.3 Å². The second-order valence-electron chi connectivity index (χ2n) is 4.07. The lowest BCUT2D eigenvalue weighted by atomic mass is 10.1. The largest absolute Gasteiger partial charge is 0.396 e. The van der Waals surface area contributed by atoms with Crippen LogP contribution in [0.25, 0.3) is 0 Å². The van der Waals surface area contributed by atoms with Gasteiger partial charge in [-0.05, 0) is 23.3 Å². The summed E-state index contributed by atoms with van der Waals surface area (Å²) in [7, 11) is 1.72. The minimum absolute atomic E-state index is 0.296. The van der Waals surface area contributed by atoms with Gasteiger partial charge in [0, 0.05) is 32.6 Å². The zero-order valence-corrected chi connectivity index (χ0v) is 11.8. The summed E-state index contributed by atoms with van der Waals surface area (Å²) in [5.74, 6) is 2.13. The van der Waals surface area contributed by atoms with E-state index in [1.165, 1.54) is 11.1 Å². The maximum atomic E-state index is 8.66. The fourth-order valence-corrected chi connectivity index (χ4v) is 2.49. The van der Waals surface area contributed by atoms with Crippen molar-refractivity contribution >= 4 is 11.8 Å². The molecule has 1 rings (SSSR count). The van der Waals surface area contributed by atoms with Crippen LogP contribution in [0.5, 0.6) is 0 Å². The molecule has 0 atom stereocenters. The van der Waals surface area contributed by atoms with E-state index in [9.17, 15) is 0 Å². The van der Waals surface area contributed by atoms with E-state index in [1.807, 2.05) is 17.8 Å². The highest BCUT2D eigenvalue weighted by molar-refractivity contribution is 7.99. The molecule has 0 heterocycles. The quantitative estimate of drug-likeness (QED) is 0.638. The van der Waals surface area contributed by atoms with Crippen molar-refractivity contribution in [1.29, 1.82) is 0 Å². The SMILES string of the molecule is COCc1ccccc1CNCCSCCCO. The number of benzene rings is 1. The lowest BCUT2D eigenvalue weighted by Crippen LogP contribution is -2.17. The van der Waals surface area contributed by atoms with Gasteiger partial charge in [0.2, 0.25) is 0 Å². The zero-order valence-electron chi connectivity index (χ0n) is 11.0. The molecule has 0 aliphatic rings. The Balaban J connectivity index is 2.18. The minimum Gasteiger partial charge on any atom is -0.396 e. The Morgan fingerprint density at radius 3 is 2.72 bits per heavy atom. The third-order valence-corrected chi connectivity index (χ3v) is 3.67. The number of thioether (sulfide) groups is 1. The molecule has 0 aliphatic carbocycles. The molecule has 0 bridgehead atoms. The summed E-state index contributed by atoms with van der Waals surface area (Å²) in [6.45, 7) is 2.85. The fraction of sp³-hybridized carbons (Fsp3) is 0.571. The summed E-state index contributed by atoms with van der Waals surface area (Å²) in [5.41, 5.74) is 2.56. The van der Waals surface area contributed by atoms with Crippen LogP contribution < -0.4 is 5.32 Å². The summed E-state index contributed by atoms with van der Waals surface area (Å²) in [4.78, 5) is 0. The zero-order chi connectivity index (χ0) is 13.1. The van der Waals surface area contributed by atoms with Crippen molar-refractivity contribution in [1.82, 2.24) is 5.32 Å². The van der Waals surface area contributed by atoms with Crippen molar-refractivity contribution in [3.8, 4) is 0 Å². The van der Waals surface area contributed by atoms with E-state index in [0.717, 1.165) is 31.0 Å². The van der Waals surface area contributed by atoms with Crippen LogP contribution >= 0.6 is 11.8 Å². The molecular weight excluding hydrogens is 246 g/mol. The topological polar surface area (TPSA) is 41.5 Å². The van der Waals surface area contributed by atoms with E-state index in [-0.39, 0.29) is 0 Å². The van der Waals surface area contributed by atoms with Gasteiger partial charge in [-0.25, -0.2) is 0 Å². The number of nitrogens with one attached hydrogen (secondary N) is 1. The summed E-state index contributed by atoms with van der Waals surface area (Å²) in [6.07, 6.45) is 0.890. The first-order valence-corrected chi connectivity index (χ1v) is 7.49. The number of hydrogen-bond donors (Lipinski definition) is 2. The Kier molecular flexibility index (Phi) is 8.94. The highest BCUT2D eigenvalue weighted by Crippen LogP contribution is 2.09. The molecule has 0 unspecified atom stereocenters. The molecule has 0 amide bonds. The number of methoxy groups -OCH3 is 1. The van der Waals surface area contributed by atoms with Gasteiger partial charge >= 0.3 is 0 Å². The molecule has 102 valence electrons.